The molecular weight excluding hydrogens is 564 g/mol. The van der Waals surface area contributed by atoms with Gasteiger partial charge in [0, 0.05) is 12.0 Å². The second kappa shape index (κ2) is 14.7. The molecule has 41 heavy (non-hydrogen) atoms. The highest BCUT2D eigenvalue weighted by Gasteiger charge is 2.23. The first-order valence-corrected chi connectivity index (χ1v) is 15.3. The molecule has 0 spiro atoms. The van der Waals surface area contributed by atoms with Crippen LogP contribution in [0.4, 0.5) is 10.7 Å². The van der Waals surface area contributed by atoms with Crippen molar-refractivity contribution in [2.45, 2.75) is 32.1 Å². The molecule has 0 aliphatic carbocycles. The van der Waals surface area contributed by atoms with Crippen LogP contribution in [-0.4, -0.2) is 52.3 Å². The number of thiophene rings is 1. The summed E-state index contributed by atoms with van der Waals surface area (Å²) < 4.78 is 38.4. The van der Waals surface area contributed by atoms with Crippen LogP contribution in [0.3, 0.4) is 0 Å². The number of methoxy groups -OCH3 is 1. The zero-order valence-corrected chi connectivity index (χ0v) is 25.0. The van der Waals surface area contributed by atoms with Gasteiger partial charge in [0.2, 0.25) is 0 Å². The molecular formula is C30H34N2O7S2. The number of aryl methyl sites for hydroxylation is 2. The SMILES string of the molecule is CCOC(=O)c1cc(CC)sc1NC(=O)c1cc2ccccc2cc1NS(=O)(=O)c1ccc(C)cc1.COCCO. The van der Waals surface area contributed by atoms with Crippen LogP contribution in [0.2, 0.25) is 0 Å². The number of carbonyl (C=O) groups is 2. The molecule has 3 aromatic carbocycles. The maximum Gasteiger partial charge on any atom is 0.341 e. The van der Waals surface area contributed by atoms with E-state index in [4.69, 9.17) is 9.84 Å². The van der Waals surface area contributed by atoms with Crippen molar-refractivity contribution in [1.29, 1.82) is 0 Å². The number of fused-ring (bicyclic) bond motifs is 1. The van der Waals surface area contributed by atoms with Crippen molar-refractivity contribution >= 4 is 54.7 Å². The number of rotatable bonds is 10. The number of anilines is 2. The smallest absolute Gasteiger partial charge is 0.341 e. The van der Waals surface area contributed by atoms with Crippen molar-refractivity contribution in [3.63, 3.8) is 0 Å². The lowest BCUT2D eigenvalue weighted by molar-refractivity contribution is 0.0528. The number of esters is 1. The lowest BCUT2D eigenvalue weighted by atomic mass is 10.0. The Balaban J connectivity index is 0.000000850. The maximum atomic E-state index is 13.5. The summed E-state index contributed by atoms with van der Waals surface area (Å²) in [5.41, 5.74) is 1.47. The predicted molar refractivity (Wildman–Crippen MR) is 163 cm³/mol. The average molecular weight is 599 g/mol. The number of nitrogens with one attached hydrogen (secondary N) is 2. The summed E-state index contributed by atoms with van der Waals surface area (Å²) >= 11 is 1.29. The van der Waals surface area contributed by atoms with E-state index >= 15 is 0 Å². The van der Waals surface area contributed by atoms with Crippen LogP contribution in [-0.2, 0) is 25.9 Å². The third kappa shape index (κ3) is 8.37. The molecule has 0 saturated heterocycles. The minimum absolute atomic E-state index is 0.0862. The van der Waals surface area contributed by atoms with Gasteiger partial charge < -0.3 is 19.9 Å². The van der Waals surface area contributed by atoms with Gasteiger partial charge in [-0.2, -0.15) is 0 Å². The summed E-state index contributed by atoms with van der Waals surface area (Å²) in [7, 11) is -2.41. The minimum atomic E-state index is -3.96. The van der Waals surface area contributed by atoms with Crippen LogP contribution in [0.15, 0.2) is 71.6 Å². The summed E-state index contributed by atoms with van der Waals surface area (Å²) in [5, 5.41) is 12.6. The van der Waals surface area contributed by atoms with Gasteiger partial charge in [-0.05, 0) is 61.4 Å². The van der Waals surface area contributed by atoms with Crippen molar-refractivity contribution in [1.82, 2.24) is 0 Å². The van der Waals surface area contributed by atoms with Gasteiger partial charge in [0.05, 0.1) is 41.5 Å². The summed E-state index contributed by atoms with van der Waals surface area (Å²) in [5.74, 6) is -1.07. The van der Waals surface area contributed by atoms with E-state index in [2.05, 4.69) is 14.8 Å². The largest absolute Gasteiger partial charge is 0.462 e. The molecule has 0 aliphatic rings. The van der Waals surface area contributed by atoms with E-state index in [9.17, 15) is 18.0 Å². The van der Waals surface area contributed by atoms with E-state index in [0.717, 1.165) is 21.2 Å². The van der Waals surface area contributed by atoms with Gasteiger partial charge in [0.1, 0.15) is 5.00 Å². The average Bonchev–Trinajstić information content (AvgIpc) is 3.36. The van der Waals surface area contributed by atoms with Gasteiger partial charge in [-0.1, -0.05) is 48.9 Å². The monoisotopic (exact) mass is 598 g/mol. The number of sulfonamides is 1. The van der Waals surface area contributed by atoms with Crippen LogP contribution in [0, 0.1) is 6.92 Å². The van der Waals surface area contributed by atoms with Crippen molar-refractivity contribution in [2.24, 2.45) is 0 Å². The lowest BCUT2D eigenvalue weighted by Crippen LogP contribution is -2.19. The van der Waals surface area contributed by atoms with E-state index in [1.165, 1.54) is 23.5 Å². The Labute approximate surface area is 244 Å². The minimum Gasteiger partial charge on any atom is -0.462 e. The number of ether oxygens (including phenoxy) is 2. The van der Waals surface area contributed by atoms with Crippen LogP contribution < -0.4 is 10.0 Å². The molecule has 0 saturated carbocycles. The second-order valence-electron chi connectivity index (χ2n) is 8.86. The fourth-order valence-electron chi connectivity index (χ4n) is 3.77. The van der Waals surface area contributed by atoms with E-state index in [0.29, 0.717) is 18.0 Å². The molecule has 0 unspecified atom stereocenters. The predicted octanol–water partition coefficient (Wildman–Crippen LogP) is 5.63. The van der Waals surface area contributed by atoms with Crippen LogP contribution in [0.1, 0.15) is 45.0 Å². The number of hydrogen-bond donors (Lipinski definition) is 3. The number of amides is 1. The Morgan fingerprint density at radius 1 is 0.951 bits per heavy atom. The number of benzene rings is 3. The Morgan fingerprint density at radius 3 is 2.17 bits per heavy atom. The molecule has 1 heterocycles. The molecule has 0 radical (unpaired) electrons. The van der Waals surface area contributed by atoms with Crippen LogP contribution >= 0.6 is 11.3 Å². The molecule has 218 valence electrons. The first kappa shape index (κ1) is 31.8. The number of aliphatic hydroxyl groups is 1. The molecule has 0 bridgehead atoms. The third-order valence-electron chi connectivity index (χ3n) is 5.86. The van der Waals surface area contributed by atoms with Crippen LogP contribution in [0.25, 0.3) is 10.8 Å². The normalized spacial score (nSPS) is 11.0. The fourth-order valence-corrected chi connectivity index (χ4v) is 5.81. The summed E-state index contributed by atoms with van der Waals surface area (Å²) in [4.78, 5) is 26.9. The standard InChI is InChI=1S/C27H26N2O5S2.C3H8O2/c1-4-20-16-23(27(31)34-5-2)26(35-20)28-25(30)22-14-18-8-6-7-9-19(18)15-24(22)29-36(32,33)21-12-10-17(3)11-13-21;1-5-3-2-4/h6-16,29H,4-5H2,1-3H3,(H,28,30);4H,2-3H2,1H3. The van der Waals surface area contributed by atoms with E-state index < -0.39 is 21.9 Å². The highest BCUT2D eigenvalue weighted by atomic mass is 32.2. The van der Waals surface area contributed by atoms with Gasteiger partial charge in [0.25, 0.3) is 15.9 Å². The quantitative estimate of drug-likeness (QED) is 0.202. The van der Waals surface area contributed by atoms with Gasteiger partial charge in [-0.25, -0.2) is 13.2 Å². The van der Waals surface area contributed by atoms with Crippen molar-refractivity contribution < 1.29 is 32.6 Å². The lowest BCUT2D eigenvalue weighted by Gasteiger charge is -2.15. The van der Waals surface area contributed by atoms with Crippen molar-refractivity contribution in [3.8, 4) is 0 Å². The van der Waals surface area contributed by atoms with E-state index in [1.807, 2.05) is 38.1 Å². The number of carbonyl (C=O) groups excluding carboxylic acids is 2. The van der Waals surface area contributed by atoms with E-state index in [1.54, 1.807) is 44.4 Å². The zero-order chi connectivity index (χ0) is 30.0. The molecule has 0 atom stereocenters. The van der Waals surface area contributed by atoms with E-state index in [-0.39, 0.29) is 34.9 Å². The summed E-state index contributed by atoms with van der Waals surface area (Å²) in [6, 6.07) is 18.8. The first-order valence-electron chi connectivity index (χ1n) is 13.0. The highest BCUT2D eigenvalue weighted by Crippen LogP contribution is 2.32. The molecule has 11 heteroatoms. The summed E-state index contributed by atoms with van der Waals surface area (Å²) in [6.07, 6.45) is 0.685. The fraction of sp³-hybridized carbons (Fsp3) is 0.267. The Morgan fingerprint density at radius 2 is 1.61 bits per heavy atom. The molecule has 4 aromatic rings. The zero-order valence-electron chi connectivity index (χ0n) is 23.4. The highest BCUT2D eigenvalue weighted by molar-refractivity contribution is 7.92. The first-order chi connectivity index (χ1) is 19.6. The van der Waals surface area contributed by atoms with Gasteiger partial charge in [0.15, 0.2) is 0 Å². The Bertz CT molecular complexity index is 1600. The topological polar surface area (TPSA) is 131 Å². The Kier molecular flexibility index (Phi) is 11.4. The van der Waals surface area contributed by atoms with Crippen molar-refractivity contribution in [2.75, 3.05) is 37.0 Å². The molecule has 3 N–H and O–H groups in total. The van der Waals surface area contributed by atoms with Crippen molar-refractivity contribution in [3.05, 3.63) is 88.3 Å². The van der Waals surface area contributed by atoms with Gasteiger partial charge in [-0.15, -0.1) is 11.3 Å². The molecule has 4 rings (SSSR count). The number of aliphatic hydroxyl groups excluding tert-OH is 1. The Hall–Kier alpha value is -3.77. The third-order valence-corrected chi connectivity index (χ3v) is 8.43. The molecule has 1 amide bonds. The van der Waals surface area contributed by atoms with Gasteiger partial charge in [-0.3, -0.25) is 9.52 Å². The maximum absolute atomic E-state index is 13.5. The number of hydrogen-bond acceptors (Lipinski definition) is 8. The molecule has 0 aliphatic heterocycles. The molecule has 0 fully saturated rings. The summed E-state index contributed by atoms with van der Waals surface area (Å²) in [6.45, 7) is 6.31. The van der Waals surface area contributed by atoms with Crippen LogP contribution in [0.5, 0.6) is 0 Å². The second-order valence-corrected chi connectivity index (χ2v) is 11.7. The van der Waals surface area contributed by atoms with Gasteiger partial charge >= 0.3 is 5.97 Å². The molecule has 1 aromatic heterocycles. The molecule has 9 nitrogen and oxygen atoms in total.